The van der Waals surface area contributed by atoms with Crippen LogP contribution in [0.2, 0.25) is 0 Å². The van der Waals surface area contributed by atoms with E-state index in [1.165, 1.54) is 5.56 Å². The summed E-state index contributed by atoms with van der Waals surface area (Å²) in [5.41, 5.74) is 9.64. The van der Waals surface area contributed by atoms with E-state index in [-0.39, 0.29) is 5.78 Å². The van der Waals surface area contributed by atoms with E-state index in [0.717, 1.165) is 21.9 Å². The van der Waals surface area contributed by atoms with Crippen molar-refractivity contribution in [1.29, 1.82) is 0 Å². The number of rotatable bonds is 5. The van der Waals surface area contributed by atoms with Gasteiger partial charge < -0.3 is 10.5 Å². The number of nitrogens with two attached hydrogens (primary N) is 1. The van der Waals surface area contributed by atoms with Gasteiger partial charge in [0.15, 0.2) is 5.78 Å². The summed E-state index contributed by atoms with van der Waals surface area (Å²) in [6.45, 7) is 3.61. The van der Waals surface area contributed by atoms with E-state index in [2.05, 4.69) is 6.07 Å². The van der Waals surface area contributed by atoms with Crippen molar-refractivity contribution < 1.29 is 9.53 Å². The molecule has 2 N–H and O–H groups in total. The molecule has 0 aromatic heterocycles. The second-order valence-electron chi connectivity index (χ2n) is 4.91. The van der Waals surface area contributed by atoms with Gasteiger partial charge in [-0.2, -0.15) is 0 Å². The molecule has 21 heavy (non-hydrogen) atoms. The van der Waals surface area contributed by atoms with Gasteiger partial charge in [-0.25, -0.2) is 0 Å². The van der Waals surface area contributed by atoms with Gasteiger partial charge in [0.2, 0.25) is 0 Å². The fourth-order valence-electron chi connectivity index (χ4n) is 2.03. The highest BCUT2D eigenvalue weighted by Gasteiger charge is 2.09. The number of carbonyl (C=O) groups is 1. The minimum absolute atomic E-state index is 0.0546. The van der Waals surface area contributed by atoms with Crippen LogP contribution in [0.1, 0.15) is 28.4 Å². The third-order valence-corrected chi connectivity index (χ3v) is 4.36. The Labute approximate surface area is 129 Å². The molecule has 2 aromatic rings. The molecule has 0 saturated heterocycles. The summed E-state index contributed by atoms with van der Waals surface area (Å²) >= 11 is 1.65. The predicted molar refractivity (Wildman–Crippen MR) is 88.2 cm³/mol. The Morgan fingerprint density at radius 2 is 2.00 bits per heavy atom. The summed E-state index contributed by atoms with van der Waals surface area (Å²) in [6, 6.07) is 11.5. The van der Waals surface area contributed by atoms with E-state index >= 15 is 0 Å². The van der Waals surface area contributed by atoms with E-state index in [4.69, 9.17) is 10.5 Å². The molecule has 0 aliphatic carbocycles. The first kappa shape index (κ1) is 15.4. The summed E-state index contributed by atoms with van der Waals surface area (Å²) in [5, 5.41) is 0. The molecule has 4 heteroatoms. The van der Waals surface area contributed by atoms with Crippen molar-refractivity contribution in [2.75, 3.05) is 12.8 Å². The van der Waals surface area contributed by atoms with Crippen LogP contribution in [-0.2, 0) is 5.75 Å². The van der Waals surface area contributed by atoms with Crippen LogP contribution in [-0.4, -0.2) is 12.9 Å². The summed E-state index contributed by atoms with van der Waals surface area (Å²) in [6.07, 6.45) is 0. The maximum absolute atomic E-state index is 11.5. The number of hydrogen-bond acceptors (Lipinski definition) is 4. The molecule has 0 aliphatic heterocycles. The Kier molecular flexibility index (Phi) is 4.91. The van der Waals surface area contributed by atoms with E-state index < -0.39 is 0 Å². The number of benzene rings is 2. The average Bonchev–Trinajstić information content (AvgIpc) is 2.47. The second-order valence-corrected chi connectivity index (χ2v) is 5.93. The molecule has 0 saturated carbocycles. The lowest BCUT2D eigenvalue weighted by atomic mass is 10.1. The minimum Gasteiger partial charge on any atom is -0.496 e. The van der Waals surface area contributed by atoms with Gasteiger partial charge in [-0.15, -0.1) is 11.8 Å². The lowest BCUT2D eigenvalue weighted by molar-refractivity contribution is 0.101. The molecular formula is C17H19NO2S. The summed E-state index contributed by atoms with van der Waals surface area (Å²) in [7, 11) is 1.64. The quantitative estimate of drug-likeness (QED) is 0.513. The van der Waals surface area contributed by atoms with Crippen molar-refractivity contribution in [2.45, 2.75) is 24.5 Å². The average molecular weight is 301 g/mol. The van der Waals surface area contributed by atoms with Gasteiger partial charge in [0, 0.05) is 27.5 Å². The van der Waals surface area contributed by atoms with E-state index in [0.29, 0.717) is 11.3 Å². The smallest absolute Gasteiger partial charge is 0.159 e. The molecular weight excluding hydrogens is 282 g/mol. The van der Waals surface area contributed by atoms with Gasteiger partial charge >= 0.3 is 0 Å². The molecule has 0 unspecified atom stereocenters. The number of hydrogen-bond donors (Lipinski definition) is 1. The van der Waals surface area contributed by atoms with Gasteiger partial charge in [0.05, 0.1) is 7.11 Å². The Balaban J connectivity index is 2.24. The van der Waals surface area contributed by atoms with E-state index in [1.54, 1.807) is 31.9 Å². The predicted octanol–water partition coefficient (Wildman–Crippen LogP) is 4.08. The number of Topliss-reactive ketones (excluding diaryl/α,β-unsaturated/α-hetero) is 1. The molecule has 2 rings (SSSR count). The van der Waals surface area contributed by atoms with Crippen molar-refractivity contribution in [3.8, 4) is 5.75 Å². The van der Waals surface area contributed by atoms with E-state index in [9.17, 15) is 4.79 Å². The molecule has 0 fully saturated rings. The lowest BCUT2D eigenvalue weighted by Crippen LogP contribution is -1.97. The Morgan fingerprint density at radius 1 is 1.24 bits per heavy atom. The fourth-order valence-corrected chi connectivity index (χ4v) is 3.07. The van der Waals surface area contributed by atoms with Gasteiger partial charge in [0.1, 0.15) is 5.75 Å². The standard InChI is InChI=1S/C17H19NO2S/c1-11-4-6-15(18)17(8-11)21-10-14-9-13(12(2)19)5-7-16(14)20-3/h4-9H,10,18H2,1-3H3. The summed E-state index contributed by atoms with van der Waals surface area (Å²) in [4.78, 5) is 12.5. The number of nitrogen functional groups attached to an aromatic ring is 1. The van der Waals surface area contributed by atoms with Gasteiger partial charge in [-0.1, -0.05) is 6.07 Å². The number of carbonyl (C=O) groups excluding carboxylic acids is 1. The first-order chi connectivity index (χ1) is 10.0. The zero-order valence-corrected chi connectivity index (χ0v) is 13.3. The fraction of sp³-hybridized carbons (Fsp3) is 0.235. The molecule has 0 heterocycles. The largest absolute Gasteiger partial charge is 0.496 e. The number of methoxy groups -OCH3 is 1. The van der Waals surface area contributed by atoms with Crippen molar-refractivity contribution in [2.24, 2.45) is 0 Å². The van der Waals surface area contributed by atoms with Crippen LogP contribution in [0.4, 0.5) is 5.69 Å². The molecule has 0 atom stereocenters. The number of aryl methyl sites for hydroxylation is 1. The maximum Gasteiger partial charge on any atom is 0.159 e. The number of ether oxygens (including phenoxy) is 1. The first-order valence-corrected chi connectivity index (χ1v) is 7.66. The van der Waals surface area contributed by atoms with Gasteiger partial charge in [0.25, 0.3) is 0 Å². The van der Waals surface area contributed by atoms with Gasteiger partial charge in [-0.3, -0.25) is 4.79 Å². The third-order valence-electron chi connectivity index (χ3n) is 3.24. The summed E-state index contributed by atoms with van der Waals surface area (Å²) < 4.78 is 5.37. The highest BCUT2D eigenvalue weighted by molar-refractivity contribution is 7.98. The normalized spacial score (nSPS) is 10.4. The number of ketones is 1. The van der Waals surface area contributed by atoms with Crippen molar-refractivity contribution >= 4 is 23.2 Å². The molecule has 0 bridgehead atoms. The minimum atomic E-state index is 0.0546. The maximum atomic E-state index is 11.5. The second kappa shape index (κ2) is 6.68. The molecule has 0 aliphatic rings. The SMILES string of the molecule is COc1ccc(C(C)=O)cc1CSc1cc(C)ccc1N. The zero-order chi connectivity index (χ0) is 15.4. The van der Waals surface area contributed by atoms with Crippen LogP contribution < -0.4 is 10.5 Å². The Bertz CT molecular complexity index is 668. The number of anilines is 1. The van der Waals surface area contributed by atoms with Crippen molar-refractivity contribution in [1.82, 2.24) is 0 Å². The van der Waals surface area contributed by atoms with Crippen LogP contribution in [0.15, 0.2) is 41.3 Å². The Morgan fingerprint density at radius 3 is 2.67 bits per heavy atom. The monoisotopic (exact) mass is 301 g/mol. The molecule has 3 nitrogen and oxygen atoms in total. The number of thioether (sulfide) groups is 1. The third kappa shape index (κ3) is 3.79. The molecule has 2 aromatic carbocycles. The van der Waals surface area contributed by atoms with E-state index in [1.807, 2.05) is 31.2 Å². The Hall–Kier alpha value is -1.94. The molecule has 0 amide bonds. The van der Waals surface area contributed by atoms with Crippen LogP contribution in [0.25, 0.3) is 0 Å². The summed E-state index contributed by atoms with van der Waals surface area (Å²) in [5.74, 6) is 1.55. The molecule has 110 valence electrons. The zero-order valence-electron chi connectivity index (χ0n) is 12.5. The topological polar surface area (TPSA) is 52.3 Å². The highest BCUT2D eigenvalue weighted by atomic mass is 32.2. The van der Waals surface area contributed by atoms with Crippen LogP contribution in [0.5, 0.6) is 5.75 Å². The van der Waals surface area contributed by atoms with Crippen LogP contribution in [0.3, 0.4) is 0 Å². The first-order valence-electron chi connectivity index (χ1n) is 6.68. The van der Waals surface area contributed by atoms with Crippen molar-refractivity contribution in [3.63, 3.8) is 0 Å². The van der Waals surface area contributed by atoms with Gasteiger partial charge in [-0.05, 0) is 49.7 Å². The van der Waals surface area contributed by atoms with Crippen LogP contribution in [0, 0.1) is 6.92 Å². The molecule has 0 radical (unpaired) electrons. The van der Waals surface area contributed by atoms with Crippen LogP contribution >= 0.6 is 11.8 Å². The van der Waals surface area contributed by atoms with Crippen molar-refractivity contribution in [3.05, 3.63) is 53.1 Å². The lowest BCUT2D eigenvalue weighted by Gasteiger charge is -2.11. The highest BCUT2D eigenvalue weighted by Crippen LogP contribution is 2.32. The molecule has 0 spiro atoms.